The van der Waals surface area contributed by atoms with E-state index in [4.69, 9.17) is 5.14 Å². The van der Waals surface area contributed by atoms with Crippen molar-refractivity contribution in [2.24, 2.45) is 5.14 Å². The molecule has 2 N–H and O–H groups in total. The Morgan fingerprint density at radius 1 is 1.05 bits per heavy atom. The Balaban J connectivity index is 1.99. The van der Waals surface area contributed by atoms with Crippen LogP contribution in [0.3, 0.4) is 0 Å². The number of hydrogen-bond acceptors (Lipinski definition) is 3. The van der Waals surface area contributed by atoms with Crippen molar-refractivity contribution in [3.63, 3.8) is 0 Å². The van der Waals surface area contributed by atoms with E-state index in [1.165, 1.54) is 18.3 Å². The molecule has 1 aromatic carbocycles. The molecule has 1 heterocycles. The summed E-state index contributed by atoms with van der Waals surface area (Å²) in [6.07, 6.45) is 5.98. The minimum atomic E-state index is -3.72. The summed E-state index contributed by atoms with van der Waals surface area (Å²) >= 11 is 0. The molecule has 2 aromatic rings. The number of nitrogens with two attached hydrogens (primary N) is 1. The van der Waals surface area contributed by atoms with E-state index in [0.717, 1.165) is 16.7 Å². The molecule has 112 valence electrons. The van der Waals surface area contributed by atoms with Crippen LogP contribution in [0, 0.1) is 5.95 Å². The standard InChI is InChI=1S/C16H13FN2O2S/c17-16-15(5-2-10-19-16)14-4-1-3-13(14)11-6-8-12(9-7-11)22(18,20)21/h2-10H,1H2,(H2,18,20,21). The van der Waals surface area contributed by atoms with Crippen LogP contribution in [0.15, 0.2) is 59.6 Å². The van der Waals surface area contributed by atoms with Crippen molar-refractivity contribution in [2.45, 2.75) is 11.3 Å². The fourth-order valence-corrected chi connectivity index (χ4v) is 2.97. The molecule has 0 spiro atoms. The maximum atomic E-state index is 13.9. The molecule has 1 aromatic heterocycles. The number of primary sulfonamides is 1. The molecule has 0 unspecified atom stereocenters. The number of pyridine rings is 1. The van der Waals surface area contributed by atoms with Crippen LogP contribution in [0.5, 0.6) is 0 Å². The van der Waals surface area contributed by atoms with Crippen LogP contribution in [-0.4, -0.2) is 13.4 Å². The predicted octanol–water partition coefficient (Wildman–Crippen LogP) is 2.74. The summed E-state index contributed by atoms with van der Waals surface area (Å²) in [6.45, 7) is 0. The zero-order chi connectivity index (χ0) is 15.7. The van der Waals surface area contributed by atoms with Crippen molar-refractivity contribution in [1.82, 2.24) is 4.98 Å². The first-order valence-electron chi connectivity index (χ1n) is 6.61. The number of allylic oxidation sites excluding steroid dienone is 4. The molecular formula is C16H13FN2O2S. The molecule has 1 aliphatic rings. The van der Waals surface area contributed by atoms with Crippen LogP contribution >= 0.6 is 0 Å². The van der Waals surface area contributed by atoms with Gasteiger partial charge in [0.25, 0.3) is 0 Å². The van der Waals surface area contributed by atoms with Gasteiger partial charge in [-0.25, -0.2) is 18.5 Å². The number of benzene rings is 1. The first-order chi connectivity index (χ1) is 10.5. The molecule has 0 bridgehead atoms. The van der Waals surface area contributed by atoms with Crippen LogP contribution in [0.1, 0.15) is 17.5 Å². The average Bonchev–Trinajstić information content (AvgIpc) is 2.96. The van der Waals surface area contributed by atoms with Crippen LogP contribution in [-0.2, 0) is 10.0 Å². The van der Waals surface area contributed by atoms with Gasteiger partial charge < -0.3 is 0 Å². The normalized spacial score (nSPS) is 14.6. The van der Waals surface area contributed by atoms with Crippen LogP contribution < -0.4 is 5.14 Å². The molecule has 0 fully saturated rings. The molecule has 4 nitrogen and oxygen atoms in total. The topological polar surface area (TPSA) is 73.1 Å². The first kappa shape index (κ1) is 14.6. The number of halogens is 1. The molecular weight excluding hydrogens is 303 g/mol. The van der Waals surface area contributed by atoms with E-state index in [9.17, 15) is 12.8 Å². The van der Waals surface area contributed by atoms with Crippen molar-refractivity contribution < 1.29 is 12.8 Å². The lowest BCUT2D eigenvalue weighted by atomic mass is 9.96. The number of sulfonamides is 1. The molecule has 1 aliphatic carbocycles. The Bertz CT molecular complexity index is 885. The van der Waals surface area contributed by atoms with Crippen molar-refractivity contribution in [1.29, 1.82) is 0 Å². The van der Waals surface area contributed by atoms with Crippen molar-refractivity contribution in [3.05, 3.63) is 71.8 Å². The molecule has 22 heavy (non-hydrogen) atoms. The molecule has 0 atom stereocenters. The van der Waals surface area contributed by atoms with Crippen molar-refractivity contribution in [3.8, 4) is 0 Å². The lowest BCUT2D eigenvalue weighted by Gasteiger charge is -2.10. The highest BCUT2D eigenvalue weighted by Crippen LogP contribution is 2.36. The van der Waals surface area contributed by atoms with Gasteiger partial charge in [-0.2, -0.15) is 4.39 Å². The van der Waals surface area contributed by atoms with Gasteiger partial charge in [0.2, 0.25) is 16.0 Å². The minimum absolute atomic E-state index is 0.0490. The molecule has 0 radical (unpaired) electrons. The zero-order valence-corrected chi connectivity index (χ0v) is 12.3. The monoisotopic (exact) mass is 316 g/mol. The van der Waals surface area contributed by atoms with Gasteiger partial charge in [0.1, 0.15) is 0 Å². The Morgan fingerprint density at radius 2 is 1.73 bits per heavy atom. The fourth-order valence-electron chi connectivity index (χ4n) is 2.45. The van der Waals surface area contributed by atoms with E-state index in [-0.39, 0.29) is 4.90 Å². The lowest BCUT2D eigenvalue weighted by molar-refractivity contribution is 0.580. The average molecular weight is 316 g/mol. The van der Waals surface area contributed by atoms with E-state index in [1.54, 1.807) is 24.3 Å². The van der Waals surface area contributed by atoms with Crippen molar-refractivity contribution in [2.75, 3.05) is 0 Å². The highest BCUT2D eigenvalue weighted by Gasteiger charge is 2.18. The van der Waals surface area contributed by atoms with Crippen LogP contribution in [0.4, 0.5) is 4.39 Å². The van der Waals surface area contributed by atoms with Crippen molar-refractivity contribution >= 4 is 21.2 Å². The third-order valence-electron chi connectivity index (χ3n) is 3.48. The van der Waals surface area contributed by atoms with E-state index >= 15 is 0 Å². The van der Waals surface area contributed by atoms with Gasteiger partial charge in [0, 0.05) is 11.8 Å². The summed E-state index contributed by atoms with van der Waals surface area (Å²) in [7, 11) is -3.72. The summed E-state index contributed by atoms with van der Waals surface area (Å²) in [5, 5.41) is 5.09. The third kappa shape index (κ3) is 2.70. The fraction of sp³-hybridized carbons (Fsp3) is 0.0625. The van der Waals surface area contributed by atoms with E-state index in [1.807, 2.05) is 12.2 Å². The van der Waals surface area contributed by atoms with E-state index in [2.05, 4.69) is 4.98 Å². The summed E-state index contributed by atoms with van der Waals surface area (Å²) < 4.78 is 36.5. The number of aromatic nitrogens is 1. The molecule has 6 heteroatoms. The Kier molecular flexibility index (Phi) is 3.64. The second-order valence-corrected chi connectivity index (χ2v) is 6.44. The molecule has 0 saturated heterocycles. The lowest BCUT2D eigenvalue weighted by Crippen LogP contribution is -2.11. The van der Waals surface area contributed by atoms with Crippen LogP contribution in [0.2, 0.25) is 0 Å². The molecule has 0 amide bonds. The SMILES string of the molecule is NS(=O)(=O)c1ccc(C2=CCC=C2c2cccnc2F)cc1. The summed E-state index contributed by atoms with van der Waals surface area (Å²) in [6, 6.07) is 9.57. The van der Waals surface area contributed by atoms with Gasteiger partial charge >= 0.3 is 0 Å². The van der Waals surface area contributed by atoms with E-state index < -0.39 is 16.0 Å². The van der Waals surface area contributed by atoms with Gasteiger partial charge in [-0.15, -0.1) is 0 Å². The molecule has 0 aliphatic heterocycles. The Hall–Kier alpha value is -2.31. The Labute approximate surface area is 127 Å². The van der Waals surface area contributed by atoms with Gasteiger partial charge in [0.15, 0.2) is 0 Å². The Morgan fingerprint density at radius 3 is 2.36 bits per heavy atom. The smallest absolute Gasteiger partial charge is 0.228 e. The highest BCUT2D eigenvalue weighted by molar-refractivity contribution is 7.89. The number of nitrogens with zero attached hydrogens (tertiary/aromatic N) is 1. The maximum absolute atomic E-state index is 13.9. The zero-order valence-electron chi connectivity index (χ0n) is 11.5. The van der Waals surface area contributed by atoms with Gasteiger partial charge in [0.05, 0.1) is 4.90 Å². The van der Waals surface area contributed by atoms with E-state index in [0.29, 0.717) is 12.0 Å². The largest absolute Gasteiger partial charge is 0.238 e. The maximum Gasteiger partial charge on any atom is 0.238 e. The van der Waals surface area contributed by atoms with Gasteiger partial charge in [-0.05, 0) is 47.4 Å². The van der Waals surface area contributed by atoms with Gasteiger partial charge in [-0.3, -0.25) is 0 Å². The quantitative estimate of drug-likeness (QED) is 0.885. The predicted molar refractivity (Wildman–Crippen MR) is 82.6 cm³/mol. The minimum Gasteiger partial charge on any atom is -0.228 e. The second kappa shape index (κ2) is 5.47. The summed E-state index contributed by atoms with van der Waals surface area (Å²) in [5.41, 5.74) is 2.85. The van der Waals surface area contributed by atoms with Crippen LogP contribution in [0.25, 0.3) is 11.1 Å². The summed E-state index contributed by atoms with van der Waals surface area (Å²) in [5.74, 6) is -0.525. The number of rotatable bonds is 3. The second-order valence-electron chi connectivity index (χ2n) is 4.88. The highest BCUT2D eigenvalue weighted by atomic mass is 32.2. The third-order valence-corrected chi connectivity index (χ3v) is 4.41. The first-order valence-corrected chi connectivity index (χ1v) is 8.16. The number of hydrogen-bond donors (Lipinski definition) is 1. The summed E-state index contributed by atoms with van der Waals surface area (Å²) in [4.78, 5) is 3.72. The molecule has 3 rings (SSSR count). The molecule has 0 saturated carbocycles. The van der Waals surface area contributed by atoms with Gasteiger partial charge in [-0.1, -0.05) is 24.3 Å².